The number of halogens is 3. The Kier molecular flexibility index (Phi) is 5.32. The van der Waals surface area contributed by atoms with Gasteiger partial charge in [0.05, 0.1) is 5.75 Å². The SMILES string of the molecule is O=C(CS(=O)(=O)Cc1ccccc1)c1ccc(-c2noc(C(F)(F)F)n2)cc1. The first-order chi connectivity index (χ1) is 13.1. The van der Waals surface area contributed by atoms with Crippen LogP contribution in [0.15, 0.2) is 59.1 Å². The topological polar surface area (TPSA) is 90.1 Å². The first-order valence-electron chi connectivity index (χ1n) is 7.93. The number of aromatic nitrogens is 2. The van der Waals surface area contributed by atoms with Crippen LogP contribution in [-0.4, -0.2) is 30.1 Å². The lowest BCUT2D eigenvalue weighted by Gasteiger charge is -2.05. The van der Waals surface area contributed by atoms with E-state index in [4.69, 9.17) is 0 Å². The fourth-order valence-electron chi connectivity index (χ4n) is 2.42. The zero-order valence-electron chi connectivity index (χ0n) is 14.2. The highest BCUT2D eigenvalue weighted by atomic mass is 32.2. The van der Waals surface area contributed by atoms with Gasteiger partial charge in [0.15, 0.2) is 15.6 Å². The number of ketones is 1. The van der Waals surface area contributed by atoms with E-state index < -0.39 is 33.4 Å². The third-order valence-electron chi connectivity index (χ3n) is 3.71. The number of hydrogen-bond donors (Lipinski definition) is 0. The Morgan fingerprint density at radius 3 is 2.21 bits per heavy atom. The van der Waals surface area contributed by atoms with E-state index >= 15 is 0 Å². The molecule has 2 aromatic carbocycles. The molecule has 0 aliphatic rings. The average molecular weight is 410 g/mol. The number of carbonyl (C=O) groups is 1. The molecule has 0 radical (unpaired) electrons. The molecule has 1 heterocycles. The van der Waals surface area contributed by atoms with E-state index in [1.807, 2.05) is 0 Å². The summed E-state index contributed by atoms with van der Waals surface area (Å²) in [7, 11) is -3.67. The normalized spacial score (nSPS) is 12.1. The van der Waals surface area contributed by atoms with E-state index in [0.29, 0.717) is 5.56 Å². The molecule has 146 valence electrons. The highest BCUT2D eigenvalue weighted by Gasteiger charge is 2.38. The van der Waals surface area contributed by atoms with Crippen molar-refractivity contribution in [2.45, 2.75) is 11.9 Å². The lowest BCUT2D eigenvalue weighted by Crippen LogP contribution is -2.18. The van der Waals surface area contributed by atoms with Gasteiger partial charge in [0.2, 0.25) is 5.82 Å². The third-order valence-corrected chi connectivity index (χ3v) is 5.19. The molecule has 3 rings (SSSR count). The number of alkyl halides is 3. The smallest absolute Gasteiger partial charge is 0.329 e. The molecular weight excluding hydrogens is 397 g/mol. The fourth-order valence-corrected chi connectivity index (χ4v) is 3.79. The summed E-state index contributed by atoms with van der Waals surface area (Å²) in [6.07, 6.45) is -4.76. The Bertz CT molecular complexity index is 1080. The molecular formula is C18H13F3N2O4S. The average Bonchev–Trinajstić information content (AvgIpc) is 3.12. The van der Waals surface area contributed by atoms with Gasteiger partial charge in [0.25, 0.3) is 0 Å². The lowest BCUT2D eigenvalue weighted by molar-refractivity contribution is -0.159. The summed E-state index contributed by atoms with van der Waals surface area (Å²) in [5, 5.41) is 3.25. The molecule has 0 atom stereocenters. The predicted octanol–water partition coefficient (Wildman–Crippen LogP) is 3.55. The van der Waals surface area contributed by atoms with Crippen LogP contribution in [0.3, 0.4) is 0 Å². The molecule has 0 saturated carbocycles. The predicted molar refractivity (Wildman–Crippen MR) is 93.0 cm³/mol. The summed E-state index contributed by atoms with van der Waals surface area (Å²) in [6, 6.07) is 13.7. The Hall–Kier alpha value is -3.01. The maximum absolute atomic E-state index is 12.5. The molecule has 0 amide bonds. The van der Waals surface area contributed by atoms with Gasteiger partial charge in [-0.3, -0.25) is 4.79 Å². The van der Waals surface area contributed by atoms with Crippen molar-refractivity contribution < 1.29 is 30.9 Å². The van der Waals surface area contributed by atoms with Crippen molar-refractivity contribution in [3.63, 3.8) is 0 Å². The molecule has 0 aliphatic carbocycles. The van der Waals surface area contributed by atoms with Crippen LogP contribution in [0.1, 0.15) is 21.8 Å². The lowest BCUT2D eigenvalue weighted by atomic mass is 10.1. The van der Waals surface area contributed by atoms with Gasteiger partial charge in [-0.05, 0) is 5.56 Å². The van der Waals surface area contributed by atoms with Crippen LogP contribution in [0.4, 0.5) is 13.2 Å². The summed E-state index contributed by atoms with van der Waals surface area (Å²) in [5.74, 6) is -3.33. The van der Waals surface area contributed by atoms with Crippen molar-refractivity contribution in [1.82, 2.24) is 10.1 Å². The Morgan fingerprint density at radius 1 is 1.00 bits per heavy atom. The zero-order valence-corrected chi connectivity index (χ0v) is 15.0. The van der Waals surface area contributed by atoms with Crippen molar-refractivity contribution in [3.8, 4) is 11.4 Å². The van der Waals surface area contributed by atoms with Gasteiger partial charge >= 0.3 is 12.1 Å². The standard InChI is InChI=1S/C18H13F3N2O4S/c19-18(20,21)17-22-16(23-27-17)14-8-6-13(7-9-14)15(24)11-28(25,26)10-12-4-2-1-3-5-12/h1-9H,10-11H2. The molecule has 0 fully saturated rings. The highest BCUT2D eigenvalue weighted by Crippen LogP contribution is 2.29. The first-order valence-corrected chi connectivity index (χ1v) is 9.75. The van der Waals surface area contributed by atoms with E-state index in [2.05, 4.69) is 14.7 Å². The number of nitrogens with zero attached hydrogens (tertiary/aromatic N) is 2. The molecule has 0 spiro atoms. The number of rotatable bonds is 6. The Balaban J connectivity index is 1.71. The largest absolute Gasteiger partial charge is 0.471 e. The van der Waals surface area contributed by atoms with Crippen LogP contribution in [-0.2, 0) is 21.8 Å². The quantitative estimate of drug-likeness (QED) is 0.578. The van der Waals surface area contributed by atoms with Gasteiger partial charge in [-0.15, -0.1) is 0 Å². The molecule has 1 aromatic heterocycles. The third kappa shape index (κ3) is 4.83. The van der Waals surface area contributed by atoms with Gasteiger partial charge in [0, 0.05) is 11.1 Å². The van der Waals surface area contributed by atoms with Crippen LogP contribution in [0.25, 0.3) is 11.4 Å². The number of sulfone groups is 1. The minimum Gasteiger partial charge on any atom is -0.329 e. The minimum atomic E-state index is -4.76. The number of Topliss-reactive ketones (excluding diaryl/α,β-unsaturated/α-hetero) is 1. The summed E-state index contributed by atoms with van der Waals surface area (Å²) in [4.78, 5) is 15.5. The van der Waals surface area contributed by atoms with Crippen LogP contribution >= 0.6 is 0 Å². The van der Waals surface area contributed by atoms with Gasteiger partial charge in [-0.2, -0.15) is 18.2 Å². The molecule has 0 bridgehead atoms. The van der Waals surface area contributed by atoms with E-state index in [1.165, 1.54) is 24.3 Å². The van der Waals surface area contributed by atoms with Gasteiger partial charge in [0.1, 0.15) is 5.75 Å². The maximum atomic E-state index is 12.5. The molecule has 0 N–H and O–H groups in total. The van der Waals surface area contributed by atoms with Crippen molar-refractivity contribution in [1.29, 1.82) is 0 Å². The minimum absolute atomic E-state index is 0.111. The molecule has 0 unspecified atom stereocenters. The summed E-state index contributed by atoms with van der Waals surface area (Å²) >= 11 is 0. The molecule has 0 saturated heterocycles. The zero-order chi connectivity index (χ0) is 20.4. The van der Waals surface area contributed by atoms with E-state index in [1.54, 1.807) is 30.3 Å². The van der Waals surface area contributed by atoms with Crippen molar-refractivity contribution in [2.24, 2.45) is 0 Å². The highest BCUT2D eigenvalue weighted by molar-refractivity contribution is 7.91. The maximum Gasteiger partial charge on any atom is 0.471 e. The Morgan fingerprint density at radius 2 is 1.64 bits per heavy atom. The Labute approximate surface area is 157 Å². The number of hydrogen-bond acceptors (Lipinski definition) is 6. The molecule has 6 nitrogen and oxygen atoms in total. The second kappa shape index (κ2) is 7.55. The molecule has 28 heavy (non-hydrogen) atoms. The van der Waals surface area contributed by atoms with Crippen LogP contribution in [0, 0.1) is 0 Å². The summed E-state index contributed by atoms with van der Waals surface area (Å²) in [6.45, 7) is 0. The van der Waals surface area contributed by atoms with Crippen LogP contribution in [0.5, 0.6) is 0 Å². The van der Waals surface area contributed by atoms with Gasteiger partial charge < -0.3 is 4.52 Å². The fraction of sp³-hybridized carbons (Fsp3) is 0.167. The van der Waals surface area contributed by atoms with Crippen molar-refractivity contribution in [3.05, 3.63) is 71.6 Å². The van der Waals surface area contributed by atoms with Gasteiger partial charge in [-0.25, -0.2) is 8.42 Å². The van der Waals surface area contributed by atoms with E-state index in [-0.39, 0.29) is 22.7 Å². The van der Waals surface area contributed by atoms with Crippen LogP contribution in [0.2, 0.25) is 0 Å². The number of carbonyl (C=O) groups excluding carboxylic acids is 1. The van der Waals surface area contributed by atoms with Crippen LogP contribution < -0.4 is 0 Å². The van der Waals surface area contributed by atoms with E-state index in [0.717, 1.165) is 0 Å². The second-order valence-electron chi connectivity index (χ2n) is 5.94. The summed E-state index contributed by atoms with van der Waals surface area (Å²) in [5.41, 5.74) is 0.881. The van der Waals surface area contributed by atoms with Gasteiger partial charge in [-0.1, -0.05) is 59.8 Å². The van der Waals surface area contributed by atoms with Crippen molar-refractivity contribution >= 4 is 15.6 Å². The number of benzene rings is 2. The monoisotopic (exact) mass is 410 g/mol. The molecule has 10 heteroatoms. The molecule has 3 aromatic rings. The second-order valence-corrected chi connectivity index (χ2v) is 8.00. The summed E-state index contributed by atoms with van der Waals surface area (Å²) < 4.78 is 66.1. The molecule has 0 aliphatic heterocycles. The van der Waals surface area contributed by atoms with E-state index in [9.17, 15) is 26.4 Å². The van der Waals surface area contributed by atoms with Crippen molar-refractivity contribution in [2.75, 3.05) is 5.75 Å². The first kappa shape index (κ1) is 19.7.